The summed E-state index contributed by atoms with van der Waals surface area (Å²) in [4.78, 5) is 19.9. The van der Waals surface area contributed by atoms with Gasteiger partial charge in [-0.2, -0.15) is 4.98 Å². The van der Waals surface area contributed by atoms with E-state index in [2.05, 4.69) is 20.6 Å². The summed E-state index contributed by atoms with van der Waals surface area (Å²) < 4.78 is 63.8. The maximum atomic E-state index is 11.8. The maximum absolute atomic E-state index is 11.8. The lowest BCUT2D eigenvalue weighted by Gasteiger charge is -2.32. The molecule has 1 amide bonds. The van der Waals surface area contributed by atoms with Crippen molar-refractivity contribution in [3.8, 4) is 0 Å². The van der Waals surface area contributed by atoms with Gasteiger partial charge in [-0.05, 0) is 45.9 Å². The lowest BCUT2D eigenvalue weighted by atomic mass is 9.85. The van der Waals surface area contributed by atoms with Crippen LogP contribution in [0.5, 0.6) is 0 Å². The van der Waals surface area contributed by atoms with Crippen molar-refractivity contribution >= 4 is 17.7 Å². The molecule has 0 radical (unpaired) electrons. The van der Waals surface area contributed by atoms with E-state index in [0.717, 1.165) is 6.20 Å². The van der Waals surface area contributed by atoms with Crippen LogP contribution in [0, 0.1) is 5.89 Å². The van der Waals surface area contributed by atoms with E-state index in [1.54, 1.807) is 0 Å². The molecule has 1 aromatic rings. The molecule has 1 aliphatic carbocycles. The van der Waals surface area contributed by atoms with Crippen molar-refractivity contribution in [2.24, 2.45) is 11.6 Å². The number of aromatic nitrogens is 2. The molecule has 7 nitrogen and oxygen atoms in total. The first-order valence-electron chi connectivity index (χ1n) is 11.1. The third-order valence-electron chi connectivity index (χ3n) is 2.98. The predicted molar refractivity (Wildman–Crippen MR) is 90.4 cm³/mol. The van der Waals surface area contributed by atoms with E-state index < -0.39 is 55.5 Å². The predicted octanol–water partition coefficient (Wildman–Crippen LogP) is 1.75. The largest absolute Gasteiger partial charge is 0.393 e. The van der Waals surface area contributed by atoms with E-state index in [1.165, 1.54) is 0 Å². The molecule has 5 N–H and O–H groups in total. The van der Waals surface area contributed by atoms with Crippen molar-refractivity contribution in [1.82, 2.24) is 9.97 Å². The second-order valence-electron chi connectivity index (χ2n) is 6.28. The molecule has 1 saturated carbocycles. The van der Waals surface area contributed by atoms with Crippen molar-refractivity contribution < 1.29 is 20.9 Å². The summed E-state index contributed by atoms with van der Waals surface area (Å²) in [5.74, 6) is -4.33. The standard InChI is InChI=1S/C16H27N5O2/c1-9-5-6-10(7-12(9)22)19-14-11(13(17)23)8-18-15(20-14)21-16(2,3)4/h8-10,12,22H,5-7H2,1-4H3,(H2,17,23)(H2,18,19,20,21)/i1D3,5D2,9D,10D,12D. The molecule has 1 heterocycles. The fourth-order valence-corrected chi connectivity index (χ4v) is 1.96. The van der Waals surface area contributed by atoms with Crippen molar-refractivity contribution in [3.05, 3.63) is 11.8 Å². The number of nitrogens with zero attached hydrogens (tertiary/aromatic N) is 2. The average molecular weight is 329 g/mol. The van der Waals surface area contributed by atoms with E-state index >= 15 is 0 Å². The van der Waals surface area contributed by atoms with Gasteiger partial charge in [-0.15, -0.1) is 0 Å². The Morgan fingerprint density at radius 1 is 1.61 bits per heavy atom. The maximum Gasteiger partial charge on any atom is 0.254 e. The first-order chi connectivity index (χ1) is 13.6. The number of carbonyl (C=O) groups is 1. The normalized spacial score (nSPS) is 42.4. The van der Waals surface area contributed by atoms with E-state index in [0.29, 0.717) is 0 Å². The van der Waals surface area contributed by atoms with Gasteiger partial charge in [0.1, 0.15) is 5.82 Å². The van der Waals surface area contributed by atoms with Gasteiger partial charge < -0.3 is 21.5 Å². The van der Waals surface area contributed by atoms with Gasteiger partial charge in [-0.1, -0.05) is 6.85 Å². The molecule has 128 valence electrons. The Hall–Kier alpha value is -1.89. The highest BCUT2D eigenvalue weighted by Crippen LogP contribution is 2.27. The van der Waals surface area contributed by atoms with Crippen LogP contribution in [-0.2, 0) is 0 Å². The first kappa shape index (κ1) is 9.42. The average Bonchev–Trinajstić information content (AvgIpc) is 2.48. The summed E-state index contributed by atoms with van der Waals surface area (Å²) in [5, 5.41) is 16.0. The fourth-order valence-electron chi connectivity index (χ4n) is 1.96. The Labute approximate surface area is 148 Å². The number of aliphatic hydroxyl groups is 1. The van der Waals surface area contributed by atoms with Crippen molar-refractivity contribution in [2.75, 3.05) is 10.6 Å². The Morgan fingerprint density at radius 2 is 2.35 bits per heavy atom. The molecule has 3 unspecified atom stereocenters. The van der Waals surface area contributed by atoms with Gasteiger partial charge >= 0.3 is 0 Å². The lowest BCUT2D eigenvalue weighted by molar-refractivity contribution is 0.0739. The van der Waals surface area contributed by atoms with Gasteiger partial charge in [0.25, 0.3) is 5.91 Å². The lowest BCUT2D eigenvalue weighted by Crippen LogP contribution is -2.36. The number of rotatable bonds is 4. The third kappa shape index (κ3) is 4.79. The monoisotopic (exact) mass is 329 g/mol. The minimum Gasteiger partial charge on any atom is -0.393 e. The number of nitrogens with two attached hydrogens (primary N) is 1. The van der Waals surface area contributed by atoms with Crippen LogP contribution in [0.2, 0.25) is 0 Å². The molecule has 1 fully saturated rings. The van der Waals surface area contributed by atoms with Crippen LogP contribution in [0.3, 0.4) is 0 Å². The zero-order valence-electron chi connectivity index (χ0n) is 21.3. The Balaban J connectivity index is 2.51. The van der Waals surface area contributed by atoms with Crippen LogP contribution in [-0.4, -0.2) is 38.6 Å². The first-order valence-corrected chi connectivity index (χ1v) is 7.10. The van der Waals surface area contributed by atoms with E-state index in [1.807, 2.05) is 20.8 Å². The molecule has 0 saturated heterocycles. The van der Waals surface area contributed by atoms with Gasteiger partial charge in [0, 0.05) is 26.0 Å². The SMILES string of the molecule is [2H]C1(Nc2nc(NC(C)(C)C)ncc2C(N)=O)CC([2H])([2H])C([2H])(C([2H])([2H])[2H])C([2H])(O)C1. The highest BCUT2D eigenvalue weighted by atomic mass is 16.3. The summed E-state index contributed by atoms with van der Waals surface area (Å²) in [6, 6.07) is -2.19. The quantitative estimate of drug-likeness (QED) is 0.669. The molecule has 7 heteroatoms. The molecule has 2 rings (SSSR count). The zero-order valence-corrected chi connectivity index (χ0v) is 13.3. The van der Waals surface area contributed by atoms with Crippen LogP contribution in [0.15, 0.2) is 6.20 Å². The molecule has 1 aliphatic rings. The van der Waals surface area contributed by atoms with Crippen LogP contribution in [0.1, 0.15) is 68.2 Å². The number of amides is 1. The Kier molecular flexibility index (Phi) is 2.74. The van der Waals surface area contributed by atoms with Crippen molar-refractivity contribution in [3.63, 3.8) is 0 Å². The fraction of sp³-hybridized carbons (Fsp3) is 0.688. The summed E-state index contributed by atoms with van der Waals surface area (Å²) in [5.41, 5.74) is 4.66. The van der Waals surface area contributed by atoms with Gasteiger partial charge in [-0.3, -0.25) is 4.79 Å². The molecule has 23 heavy (non-hydrogen) atoms. The van der Waals surface area contributed by atoms with Gasteiger partial charge in [0.2, 0.25) is 5.95 Å². The highest BCUT2D eigenvalue weighted by molar-refractivity contribution is 5.97. The summed E-state index contributed by atoms with van der Waals surface area (Å²) in [6.45, 7) is 2.15. The summed E-state index contributed by atoms with van der Waals surface area (Å²) in [6.07, 6.45) is -6.87. The number of primary amides is 1. The Bertz CT molecular complexity index is 851. The van der Waals surface area contributed by atoms with Crippen LogP contribution in [0.25, 0.3) is 0 Å². The van der Waals surface area contributed by atoms with Gasteiger partial charge in [0.15, 0.2) is 0 Å². The molecule has 0 bridgehead atoms. The molecular formula is C16H27N5O2. The zero-order chi connectivity index (χ0) is 24.3. The topological polar surface area (TPSA) is 113 Å². The minimum atomic E-state index is -3.34. The molecular weight excluding hydrogens is 294 g/mol. The van der Waals surface area contributed by atoms with Crippen molar-refractivity contribution in [1.29, 1.82) is 0 Å². The minimum absolute atomic E-state index is 0.0703. The van der Waals surface area contributed by atoms with Gasteiger partial charge in [-0.25, -0.2) is 4.98 Å². The number of nitrogens with one attached hydrogen (secondary N) is 2. The second kappa shape index (κ2) is 6.70. The summed E-state index contributed by atoms with van der Waals surface area (Å²) in [7, 11) is 0. The molecule has 1 aromatic heterocycles. The Morgan fingerprint density at radius 3 is 2.91 bits per heavy atom. The number of anilines is 2. The van der Waals surface area contributed by atoms with Gasteiger partial charge in [0.05, 0.1) is 14.4 Å². The van der Waals surface area contributed by atoms with E-state index in [9.17, 15) is 9.90 Å². The number of hydrogen-bond acceptors (Lipinski definition) is 6. The third-order valence-corrected chi connectivity index (χ3v) is 2.98. The smallest absolute Gasteiger partial charge is 0.254 e. The van der Waals surface area contributed by atoms with E-state index in [4.69, 9.17) is 16.7 Å². The van der Waals surface area contributed by atoms with Crippen LogP contribution >= 0.6 is 0 Å². The van der Waals surface area contributed by atoms with Crippen LogP contribution < -0.4 is 16.4 Å². The molecule has 0 spiro atoms. The van der Waals surface area contributed by atoms with E-state index in [-0.39, 0.29) is 17.3 Å². The highest BCUT2D eigenvalue weighted by Gasteiger charge is 2.27. The summed E-state index contributed by atoms with van der Waals surface area (Å²) >= 11 is 0. The number of hydrogen-bond donors (Lipinski definition) is 4. The molecule has 0 aliphatic heterocycles. The molecule has 3 atom stereocenters. The second-order valence-corrected chi connectivity index (χ2v) is 6.28. The van der Waals surface area contributed by atoms with Crippen LogP contribution in [0.4, 0.5) is 11.8 Å². The van der Waals surface area contributed by atoms with Crippen molar-refractivity contribution in [2.45, 2.75) is 64.5 Å². The number of carbonyl (C=O) groups excluding carboxylic acids is 1. The molecule has 0 aromatic carbocycles.